The van der Waals surface area contributed by atoms with E-state index in [1.165, 1.54) is 0 Å². The van der Waals surface area contributed by atoms with E-state index in [0.717, 1.165) is 11.3 Å². The van der Waals surface area contributed by atoms with Crippen LogP contribution < -0.4 is 4.90 Å². The molecule has 3 heteroatoms. The number of nitrogens with zero attached hydrogens (tertiary/aromatic N) is 3. The monoisotopic (exact) mass is 283 g/mol. The quantitative estimate of drug-likeness (QED) is 0.833. The molecule has 2 aromatic rings. The van der Waals surface area contributed by atoms with Crippen molar-refractivity contribution in [1.29, 1.82) is 10.5 Å². The fourth-order valence-electron chi connectivity index (χ4n) is 2.59. The summed E-state index contributed by atoms with van der Waals surface area (Å²) in [4.78, 5) is 1.83. The molecule has 0 aliphatic carbocycles. The van der Waals surface area contributed by atoms with Crippen LogP contribution in [0, 0.1) is 22.7 Å². The fourth-order valence-corrected chi connectivity index (χ4v) is 2.59. The van der Waals surface area contributed by atoms with E-state index in [0.29, 0.717) is 11.1 Å². The van der Waals surface area contributed by atoms with Gasteiger partial charge in [0, 0.05) is 18.1 Å². The predicted octanol–water partition coefficient (Wildman–Crippen LogP) is 4.11. The first kappa shape index (κ1) is 13.7. The van der Waals surface area contributed by atoms with E-state index in [1.54, 1.807) is 12.4 Å². The second-order valence-corrected chi connectivity index (χ2v) is 4.98. The molecule has 22 heavy (non-hydrogen) atoms. The topological polar surface area (TPSA) is 50.8 Å². The van der Waals surface area contributed by atoms with Crippen molar-refractivity contribution in [3.05, 3.63) is 89.8 Å². The van der Waals surface area contributed by atoms with Gasteiger partial charge in [-0.05, 0) is 17.7 Å². The second-order valence-electron chi connectivity index (χ2n) is 4.98. The molecule has 0 fully saturated rings. The Kier molecular flexibility index (Phi) is 3.72. The molecule has 0 spiro atoms. The van der Waals surface area contributed by atoms with Crippen molar-refractivity contribution in [2.45, 2.75) is 5.92 Å². The van der Waals surface area contributed by atoms with Gasteiger partial charge in [0.1, 0.15) is 0 Å². The third-order valence-corrected chi connectivity index (χ3v) is 3.62. The molecule has 0 saturated heterocycles. The summed E-state index contributed by atoms with van der Waals surface area (Å²) in [6.07, 6.45) is 3.60. The van der Waals surface area contributed by atoms with Crippen LogP contribution in [-0.4, -0.2) is 0 Å². The summed E-state index contributed by atoms with van der Waals surface area (Å²) < 4.78 is 0. The first-order chi connectivity index (χ1) is 10.8. The summed E-state index contributed by atoms with van der Waals surface area (Å²) in [5, 5.41) is 19.0. The van der Waals surface area contributed by atoms with E-state index in [2.05, 4.69) is 12.1 Å². The summed E-state index contributed by atoms with van der Waals surface area (Å²) in [5.41, 5.74) is 3.01. The molecule has 3 nitrogen and oxygen atoms in total. The van der Waals surface area contributed by atoms with Crippen LogP contribution in [0.2, 0.25) is 0 Å². The lowest BCUT2D eigenvalue weighted by Crippen LogP contribution is -2.19. The fraction of sp³-hybridized carbons (Fsp3) is 0.0526. The third-order valence-electron chi connectivity index (χ3n) is 3.62. The molecule has 0 bridgehead atoms. The minimum absolute atomic E-state index is 0.295. The van der Waals surface area contributed by atoms with Crippen LogP contribution in [-0.2, 0) is 0 Å². The van der Waals surface area contributed by atoms with E-state index < -0.39 is 0 Å². The molecule has 1 heterocycles. The van der Waals surface area contributed by atoms with E-state index in [4.69, 9.17) is 0 Å². The van der Waals surface area contributed by atoms with Crippen molar-refractivity contribution in [1.82, 2.24) is 0 Å². The molecule has 0 unspecified atom stereocenters. The molecule has 1 aliphatic heterocycles. The summed E-state index contributed by atoms with van der Waals surface area (Å²) in [6, 6.07) is 23.8. The van der Waals surface area contributed by atoms with Crippen LogP contribution >= 0.6 is 0 Å². The van der Waals surface area contributed by atoms with Gasteiger partial charge in [0.15, 0.2) is 0 Å². The van der Waals surface area contributed by atoms with E-state index in [9.17, 15) is 10.5 Å². The van der Waals surface area contributed by atoms with Crippen molar-refractivity contribution < 1.29 is 0 Å². The molecular weight excluding hydrogens is 270 g/mol. The smallest absolute Gasteiger partial charge is 0.0973 e. The molecule has 0 saturated carbocycles. The average Bonchev–Trinajstić information content (AvgIpc) is 2.62. The largest absolute Gasteiger partial charge is 0.322 e. The Morgan fingerprint density at radius 1 is 0.727 bits per heavy atom. The molecule has 0 aromatic heterocycles. The Morgan fingerprint density at radius 2 is 1.23 bits per heavy atom. The molecular formula is C19H13N3. The zero-order chi connectivity index (χ0) is 15.4. The summed E-state index contributed by atoms with van der Waals surface area (Å²) in [7, 11) is 0. The van der Waals surface area contributed by atoms with E-state index in [-0.39, 0.29) is 5.92 Å². The van der Waals surface area contributed by atoms with Crippen LogP contribution in [0.4, 0.5) is 5.69 Å². The number of allylic oxidation sites excluding steroid dienone is 2. The normalized spacial score (nSPS) is 14.5. The maximum atomic E-state index is 9.52. The average molecular weight is 283 g/mol. The zero-order valence-corrected chi connectivity index (χ0v) is 11.8. The highest BCUT2D eigenvalue weighted by Crippen LogP contribution is 2.36. The molecule has 0 atom stereocenters. The Balaban J connectivity index is 2.07. The van der Waals surface area contributed by atoms with Gasteiger partial charge >= 0.3 is 0 Å². The standard InChI is InChI=1S/C19H13N3/c20-11-16-13-22(18-9-5-2-6-10-18)14-17(12-21)19(16)15-7-3-1-4-8-15/h1-10,13-14,19H. The summed E-state index contributed by atoms with van der Waals surface area (Å²) >= 11 is 0. The highest BCUT2D eigenvalue weighted by molar-refractivity contribution is 5.62. The Morgan fingerprint density at radius 3 is 1.73 bits per heavy atom. The second kappa shape index (κ2) is 5.99. The molecule has 1 aliphatic rings. The van der Waals surface area contributed by atoms with Gasteiger partial charge < -0.3 is 4.90 Å². The first-order valence-corrected chi connectivity index (χ1v) is 6.95. The van der Waals surface area contributed by atoms with Crippen LogP contribution in [0.25, 0.3) is 0 Å². The van der Waals surface area contributed by atoms with Crippen molar-refractivity contribution in [3.63, 3.8) is 0 Å². The minimum atomic E-state index is -0.295. The SMILES string of the molecule is N#CC1=CN(c2ccccc2)C=C(C#N)C1c1ccccc1. The van der Waals surface area contributed by atoms with Gasteiger partial charge in [0.2, 0.25) is 0 Å². The zero-order valence-electron chi connectivity index (χ0n) is 11.8. The third kappa shape index (κ3) is 2.49. The number of rotatable bonds is 2. The molecule has 0 N–H and O–H groups in total. The Hall–Kier alpha value is -3.30. The van der Waals surface area contributed by atoms with Gasteiger partial charge in [-0.2, -0.15) is 10.5 Å². The number of hydrogen-bond acceptors (Lipinski definition) is 3. The number of hydrogen-bond donors (Lipinski definition) is 0. The first-order valence-electron chi connectivity index (χ1n) is 6.95. The predicted molar refractivity (Wildman–Crippen MR) is 85.5 cm³/mol. The van der Waals surface area contributed by atoms with Crippen LogP contribution in [0.15, 0.2) is 84.2 Å². The number of nitriles is 2. The van der Waals surface area contributed by atoms with Crippen molar-refractivity contribution >= 4 is 5.69 Å². The van der Waals surface area contributed by atoms with E-state index in [1.807, 2.05) is 65.6 Å². The van der Waals surface area contributed by atoms with Crippen LogP contribution in [0.3, 0.4) is 0 Å². The lowest BCUT2D eigenvalue weighted by atomic mass is 9.84. The molecule has 2 aromatic carbocycles. The number of benzene rings is 2. The van der Waals surface area contributed by atoms with Gasteiger partial charge in [-0.3, -0.25) is 0 Å². The van der Waals surface area contributed by atoms with Gasteiger partial charge in [-0.25, -0.2) is 0 Å². The van der Waals surface area contributed by atoms with Gasteiger partial charge in [0.25, 0.3) is 0 Å². The maximum absolute atomic E-state index is 9.52. The highest BCUT2D eigenvalue weighted by atomic mass is 15.1. The van der Waals surface area contributed by atoms with Crippen molar-refractivity contribution in [2.24, 2.45) is 0 Å². The Labute approximate surface area is 129 Å². The maximum Gasteiger partial charge on any atom is 0.0973 e. The summed E-state index contributed by atoms with van der Waals surface area (Å²) in [5.74, 6) is -0.295. The van der Waals surface area contributed by atoms with Gasteiger partial charge in [-0.1, -0.05) is 48.5 Å². The Bertz CT molecular complexity index is 773. The lowest BCUT2D eigenvalue weighted by molar-refractivity contribution is 0.937. The summed E-state index contributed by atoms with van der Waals surface area (Å²) in [6.45, 7) is 0. The number of para-hydroxylation sites is 1. The molecule has 0 amide bonds. The minimum Gasteiger partial charge on any atom is -0.322 e. The van der Waals surface area contributed by atoms with Crippen molar-refractivity contribution in [2.75, 3.05) is 4.90 Å². The lowest BCUT2D eigenvalue weighted by Gasteiger charge is -2.26. The highest BCUT2D eigenvalue weighted by Gasteiger charge is 2.26. The van der Waals surface area contributed by atoms with E-state index >= 15 is 0 Å². The molecule has 104 valence electrons. The van der Waals surface area contributed by atoms with Gasteiger partial charge in [-0.15, -0.1) is 0 Å². The molecule has 0 radical (unpaired) electrons. The van der Waals surface area contributed by atoms with Crippen LogP contribution in [0.5, 0.6) is 0 Å². The van der Waals surface area contributed by atoms with Crippen LogP contribution in [0.1, 0.15) is 11.5 Å². The number of anilines is 1. The van der Waals surface area contributed by atoms with Gasteiger partial charge in [0.05, 0.1) is 29.2 Å². The van der Waals surface area contributed by atoms with Crippen molar-refractivity contribution in [3.8, 4) is 12.1 Å². The molecule has 3 rings (SSSR count).